The minimum absolute atomic E-state index is 0.0240. The number of amides is 2. The van der Waals surface area contributed by atoms with Gasteiger partial charge in [-0.2, -0.15) is 0 Å². The highest BCUT2D eigenvalue weighted by Gasteiger charge is 2.25. The SMILES string of the molecule is Cc1c(C(=O)Nc2ccccc2C(=O)NCc2ccccc2)cc([N+](=O)[O-])cc1[N+](=O)[O-]. The number of nitro groups is 2. The molecule has 0 saturated heterocycles. The van der Waals surface area contributed by atoms with E-state index in [4.69, 9.17) is 0 Å². The number of nitrogens with zero attached hydrogens (tertiary/aromatic N) is 2. The number of para-hydroxylation sites is 1. The van der Waals surface area contributed by atoms with Gasteiger partial charge in [0, 0.05) is 18.2 Å². The summed E-state index contributed by atoms with van der Waals surface area (Å²) < 4.78 is 0. The van der Waals surface area contributed by atoms with Crippen LogP contribution in [0.4, 0.5) is 17.1 Å². The van der Waals surface area contributed by atoms with Crippen molar-refractivity contribution >= 4 is 28.9 Å². The molecule has 10 nitrogen and oxygen atoms in total. The first kappa shape index (κ1) is 22.1. The minimum atomic E-state index is -0.811. The lowest BCUT2D eigenvalue weighted by Gasteiger charge is -2.12. The van der Waals surface area contributed by atoms with Crippen molar-refractivity contribution < 1.29 is 19.4 Å². The number of carbonyl (C=O) groups is 2. The molecule has 2 amide bonds. The highest BCUT2D eigenvalue weighted by Crippen LogP contribution is 2.29. The molecule has 3 aromatic carbocycles. The van der Waals surface area contributed by atoms with Crippen molar-refractivity contribution in [3.63, 3.8) is 0 Å². The van der Waals surface area contributed by atoms with E-state index >= 15 is 0 Å². The van der Waals surface area contributed by atoms with Crippen LogP contribution in [0.5, 0.6) is 0 Å². The van der Waals surface area contributed by atoms with Crippen LogP contribution in [0.1, 0.15) is 31.8 Å². The number of non-ortho nitro benzene ring substituents is 1. The Bertz CT molecular complexity index is 1210. The normalized spacial score (nSPS) is 10.3. The molecule has 0 spiro atoms. The van der Waals surface area contributed by atoms with Gasteiger partial charge in [0.1, 0.15) is 0 Å². The number of hydrogen-bond donors (Lipinski definition) is 2. The summed E-state index contributed by atoms with van der Waals surface area (Å²) in [7, 11) is 0. The molecule has 0 fully saturated rings. The lowest BCUT2D eigenvalue weighted by Crippen LogP contribution is -2.25. The summed E-state index contributed by atoms with van der Waals surface area (Å²) in [5, 5.41) is 27.7. The average Bonchev–Trinajstić information content (AvgIpc) is 2.78. The average molecular weight is 434 g/mol. The van der Waals surface area contributed by atoms with Gasteiger partial charge < -0.3 is 10.6 Å². The molecular formula is C22H18N4O6. The standard InChI is InChI=1S/C22H18N4O6/c1-14-18(11-16(25(29)30)12-20(14)26(31)32)22(28)24-19-10-6-5-9-17(19)21(27)23-13-15-7-3-2-4-8-15/h2-12H,13H2,1H3,(H,23,27)(H,24,28). The van der Waals surface area contributed by atoms with Gasteiger partial charge in [0.25, 0.3) is 23.2 Å². The first-order chi connectivity index (χ1) is 15.3. The number of nitrogens with one attached hydrogen (secondary N) is 2. The second-order valence-electron chi connectivity index (χ2n) is 6.82. The maximum absolute atomic E-state index is 12.9. The van der Waals surface area contributed by atoms with Crippen LogP contribution in [0.25, 0.3) is 0 Å². The van der Waals surface area contributed by atoms with Crippen molar-refractivity contribution in [2.45, 2.75) is 13.5 Å². The van der Waals surface area contributed by atoms with Crippen LogP contribution in [0, 0.1) is 27.2 Å². The zero-order chi connectivity index (χ0) is 23.3. The zero-order valence-electron chi connectivity index (χ0n) is 16.9. The number of nitro benzene ring substituents is 2. The van der Waals surface area contributed by atoms with Gasteiger partial charge in [-0.1, -0.05) is 42.5 Å². The van der Waals surface area contributed by atoms with Crippen molar-refractivity contribution in [3.8, 4) is 0 Å². The second kappa shape index (κ2) is 9.47. The fourth-order valence-corrected chi connectivity index (χ4v) is 3.07. The van der Waals surface area contributed by atoms with E-state index in [-0.39, 0.29) is 28.9 Å². The Morgan fingerprint density at radius 1 is 0.844 bits per heavy atom. The topological polar surface area (TPSA) is 144 Å². The monoisotopic (exact) mass is 434 g/mol. The number of carbonyl (C=O) groups excluding carboxylic acids is 2. The summed E-state index contributed by atoms with van der Waals surface area (Å²) in [4.78, 5) is 46.3. The van der Waals surface area contributed by atoms with E-state index in [1.54, 1.807) is 12.1 Å². The summed E-state index contributed by atoms with van der Waals surface area (Å²) in [6, 6.07) is 17.3. The number of benzene rings is 3. The van der Waals surface area contributed by atoms with Crippen LogP contribution < -0.4 is 10.6 Å². The Morgan fingerprint density at radius 3 is 2.16 bits per heavy atom. The first-order valence-electron chi connectivity index (χ1n) is 9.44. The molecule has 0 bridgehead atoms. The fourth-order valence-electron chi connectivity index (χ4n) is 3.07. The summed E-state index contributed by atoms with van der Waals surface area (Å²) in [6.07, 6.45) is 0. The maximum atomic E-state index is 12.9. The van der Waals surface area contributed by atoms with Crippen molar-refractivity contribution in [2.24, 2.45) is 0 Å². The summed E-state index contributed by atoms with van der Waals surface area (Å²) in [6.45, 7) is 1.60. The van der Waals surface area contributed by atoms with Crippen molar-refractivity contribution in [2.75, 3.05) is 5.32 Å². The fraction of sp³-hybridized carbons (Fsp3) is 0.0909. The largest absolute Gasteiger partial charge is 0.348 e. The molecule has 0 aromatic heterocycles. The van der Waals surface area contributed by atoms with E-state index < -0.39 is 33.0 Å². The molecule has 3 rings (SSSR count). The van der Waals surface area contributed by atoms with Crippen molar-refractivity contribution in [1.29, 1.82) is 0 Å². The summed E-state index contributed by atoms with van der Waals surface area (Å²) in [5.74, 6) is -1.25. The van der Waals surface area contributed by atoms with Gasteiger partial charge in [-0.3, -0.25) is 29.8 Å². The number of rotatable bonds is 7. The molecule has 10 heteroatoms. The van der Waals surface area contributed by atoms with E-state index in [0.29, 0.717) is 0 Å². The number of hydrogen-bond acceptors (Lipinski definition) is 6. The summed E-state index contributed by atoms with van der Waals surface area (Å²) >= 11 is 0. The Kier molecular flexibility index (Phi) is 6.54. The van der Waals surface area contributed by atoms with Gasteiger partial charge in [-0.15, -0.1) is 0 Å². The van der Waals surface area contributed by atoms with Crippen molar-refractivity contribution in [1.82, 2.24) is 5.32 Å². The molecule has 0 radical (unpaired) electrons. The third-order valence-electron chi connectivity index (χ3n) is 4.73. The predicted molar refractivity (Wildman–Crippen MR) is 116 cm³/mol. The third kappa shape index (κ3) is 4.93. The third-order valence-corrected chi connectivity index (χ3v) is 4.73. The van der Waals surface area contributed by atoms with Crippen LogP contribution in [-0.4, -0.2) is 21.7 Å². The molecule has 2 N–H and O–H groups in total. The molecule has 0 aliphatic carbocycles. The van der Waals surface area contributed by atoms with Crippen LogP contribution in [0.15, 0.2) is 66.7 Å². The molecule has 0 saturated carbocycles. The van der Waals surface area contributed by atoms with E-state index in [1.807, 2.05) is 30.3 Å². The molecule has 32 heavy (non-hydrogen) atoms. The molecule has 0 atom stereocenters. The number of anilines is 1. The van der Waals surface area contributed by atoms with Gasteiger partial charge in [0.15, 0.2) is 0 Å². The molecule has 162 valence electrons. The smallest absolute Gasteiger partial charge is 0.279 e. The van der Waals surface area contributed by atoms with Crippen LogP contribution in [0.2, 0.25) is 0 Å². The highest BCUT2D eigenvalue weighted by atomic mass is 16.6. The molecule has 0 unspecified atom stereocenters. The van der Waals surface area contributed by atoms with Gasteiger partial charge >= 0.3 is 0 Å². The summed E-state index contributed by atoms with van der Waals surface area (Å²) in [5.41, 5.74) is -0.151. The maximum Gasteiger partial charge on any atom is 0.279 e. The first-order valence-corrected chi connectivity index (χ1v) is 9.44. The minimum Gasteiger partial charge on any atom is -0.348 e. The molecular weight excluding hydrogens is 416 g/mol. The van der Waals surface area contributed by atoms with E-state index in [0.717, 1.165) is 17.7 Å². The molecule has 0 heterocycles. The Morgan fingerprint density at radius 2 is 1.50 bits per heavy atom. The quantitative estimate of drug-likeness (QED) is 0.425. The van der Waals surface area contributed by atoms with Crippen LogP contribution in [0.3, 0.4) is 0 Å². The van der Waals surface area contributed by atoms with E-state index in [2.05, 4.69) is 10.6 Å². The van der Waals surface area contributed by atoms with Crippen LogP contribution in [-0.2, 0) is 6.54 Å². The second-order valence-corrected chi connectivity index (χ2v) is 6.82. The van der Waals surface area contributed by atoms with Crippen molar-refractivity contribution in [3.05, 3.63) is 109 Å². The zero-order valence-corrected chi connectivity index (χ0v) is 16.9. The highest BCUT2D eigenvalue weighted by molar-refractivity contribution is 6.10. The predicted octanol–water partition coefficient (Wildman–Crippen LogP) is 3.99. The Balaban J connectivity index is 1.87. The van der Waals surface area contributed by atoms with Crippen LogP contribution >= 0.6 is 0 Å². The van der Waals surface area contributed by atoms with Gasteiger partial charge in [-0.25, -0.2) is 0 Å². The molecule has 3 aromatic rings. The molecule has 0 aliphatic heterocycles. The molecule has 0 aliphatic rings. The van der Waals surface area contributed by atoms with Gasteiger partial charge in [0.2, 0.25) is 0 Å². The Labute approximate surface area is 182 Å². The Hall–Kier alpha value is -4.60. The lowest BCUT2D eigenvalue weighted by atomic mass is 10.0. The van der Waals surface area contributed by atoms with E-state index in [9.17, 15) is 29.8 Å². The lowest BCUT2D eigenvalue weighted by molar-refractivity contribution is -0.394. The van der Waals surface area contributed by atoms with Gasteiger partial charge in [-0.05, 0) is 24.6 Å². The van der Waals surface area contributed by atoms with E-state index in [1.165, 1.54) is 19.1 Å². The van der Waals surface area contributed by atoms with Gasteiger partial charge in [0.05, 0.1) is 32.7 Å².